The number of aromatic nitrogens is 2. The van der Waals surface area contributed by atoms with E-state index >= 15 is 0 Å². The van der Waals surface area contributed by atoms with Gasteiger partial charge >= 0.3 is 0 Å². The zero-order valence-electron chi connectivity index (χ0n) is 7.25. The van der Waals surface area contributed by atoms with Crippen molar-refractivity contribution in [3.8, 4) is 0 Å². The Labute approximate surface area is 72.0 Å². The lowest BCUT2D eigenvalue weighted by atomic mass is 10.2. The van der Waals surface area contributed by atoms with Crippen molar-refractivity contribution in [1.29, 1.82) is 0 Å². The van der Waals surface area contributed by atoms with Crippen LogP contribution >= 0.6 is 0 Å². The Bertz CT molecular complexity index is 251. The van der Waals surface area contributed by atoms with Gasteiger partial charge in [-0.15, -0.1) is 0 Å². The first kappa shape index (κ1) is 7.76. The van der Waals surface area contributed by atoms with Gasteiger partial charge in [0.2, 0.25) is 0 Å². The second kappa shape index (κ2) is 3.25. The smallest absolute Gasteiger partial charge is 0.0767 e. The van der Waals surface area contributed by atoms with E-state index in [4.69, 9.17) is 0 Å². The van der Waals surface area contributed by atoms with Crippen molar-refractivity contribution in [2.24, 2.45) is 0 Å². The first-order chi connectivity index (χ1) is 5.90. The molecule has 66 valence electrons. The van der Waals surface area contributed by atoms with Crippen molar-refractivity contribution < 1.29 is 0 Å². The Morgan fingerprint density at radius 3 is 3.17 bits per heavy atom. The molecule has 0 amide bonds. The molecule has 4 nitrogen and oxygen atoms in total. The quantitative estimate of drug-likeness (QED) is 0.650. The fourth-order valence-electron chi connectivity index (χ4n) is 1.33. The first-order valence-corrected chi connectivity index (χ1v) is 4.28. The molecule has 12 heavy (non-hydrogen) atoms. The minimum Gasteiger partial charge on any atom is -0.316 e. The van der Waals surface area contributed by atoms with E-state index in [9.17, 15) is 0 Å². The third-order valence-electron chi connectivity index (χ3n) is 2.17. The standard InChI is InChI=1S/C8H14N4/c1-9-2-7-3-11-12(6-7)8-4-10-5-8/h3,6,8-10H,2,4-5H2,1H3. The van der Waals surface area contributed by atoms with Crippen LogP contribution in [0.4, 0.5) is 0 Å². The summed E-state index contributed by atoms with van der Waals surface area (Å²) in [7, 11) is 1.95. The van der Waals surface area contributed by atoms with Crippen LogP contribution in [0, 0.1) is 0 Å². The third-order valence-corrected chi connectivity index (χ3v) is 2.17. The molecule has 0 aromatic carbocycles. The van der Waals surface area contributed by atoms with Crippen molar-refractivity contribution in [3.63, 3.8) is 0 Å². The van der Waals surface area contributed by atoms with E-state index in [1.807, 2.05) is 17.9 Å². The van der Waals surface area contributed by atoms with Gasteiger partial charge in [-0.25, -0.2) is 0 Å². The molecule has 0 radical (unpaired) electrons. The molecule has 2 heterocycles. The van der Waals surface area contributed by atoms with E-state index in [0.29, 0.717) is 6.04 Å². The highest BCUT2D eigenvalue weighted by Crippen LogP contribution is 2.10. The zero-order valence-corrected chi connectivity index (χ0v) is 7.25. The molecular formula is C8H14N4. The molecule has 0 saturated carbocycles. The molecule has 0 unspecified atom stereocenters. The van der Waals surface area contributed by atoms with Gasteiger partial charge in [-0.1, -0.05) is 0 Å². The summed E-state index contributed by atoms with van der Waals surface area (Å²) in [5.41, 5.74) is 1.25. The lowest BCUT2D eigenvalue weighted by Gasteiger charge is -2.27. The summed E-state index contributed by atoms with van der Waals surface area (Å²) in [6.07, 6.45) is 4.04. The number of hydrogen-bond acceptors (Lipinski definition) is 3. The SMILES string of the molecule is CNCc1cnn(C2CNC2)c1. The molecule has 2 N–H and O–H groups in total. The fraction of sp³-hybridized carbons (Fsp3) is 0.625. The molecule has 1 aliphatic rings. The highest BCUT2D eigenvalue weighted by Gasteiger charge is 2.18. The predicted molar refractivity (Wildman–Crippen MR) is 46.9 cm³/mol. The van der Waals surface area contributed by atoms with Crippen molar-refractivity contribution in [3.05, 3.63) is 18.0 Å². The van der Waals surface area contributed by atoms with E-state index in [-0.39, 0.29) is 0 Å². The summed E-state index contributed by atoms with van der Waals surface area (Å²) in [6, 6.07) is 0.579. The molecule has 0 bridgehead atoms. The van der Waals surface area contributed by atoms with Crippen LogP contribution in [0.25, 0.3) is 0 Å². The fourth-order valence-corrected chi connectivity index (χ4v) is 1.33. The Hall–Kier alpha value is -0.870. The number of nitrogens with one attached hydrogen (secondary N) is 2. The normalized spacial score (nSPS) is 17.8. The third kappa shape index (κ3) is 1.35. The number of nitrogens with zero attached hydrogens (tertiary/aromatic N) is 2. The second-order valence-corrected chi connectivity index (χ2v) is 3.17. The summed E-state index contributed by atoms with van der Waals surface area (Å²) < 4.78 is 2.04. The molecule has 0 spiro atoms. The van der Waals surface area contributed by atoms with Crippen molar-refractivity contribution >= 4 is 0 Å². The van der Waals surface area contributed by atoms with E-state index in [0.717, 1.165) is 19.6 Å². The molecule has 1 saturated heterocycles. The first-order valence-electron chi connectivity index (χ1n) is 4.28. The molecule has 0 aliphatic carbocycles. The van der Waals surface area contributed by atoms with Crippen LogP contribution in [0.5, 0.6) is 0 Å². The van der Waals surface area contributed by atoms with Crippen molar-refractivity contribution in [2.45, 2.75) is 12.6 Å². The molecule has 1 aromatic rings. The van der Waals surface area contributed by atoms with Crippen LogP contribution in [0.2, 0.25) is 0 Å². The largest absolute Gasteiger partial charge is 0.316 e. The average Bonchev–Trinajstić information content (AvgIpc) is 2.34. The van der Waals surface area contributed by atoms with Gasteiger partial charge in [0.25, 0.3) is 0 Å². The van der Waals surface area contributed by atoms with Crippen molar-refractivity contribution in [2.75, 3.05) is 20.1 Å². The van der Waals surface area contributed by atoms with Gasteiger partial charge in [-0.05, 0) is 7.05 Å². The minimum atomic E-state index is 0.579. The lowest BCUT2D eigenvalue weighted by molar-refractivity contribution is 0.318. The number of rotatable bonds is 3. The predicted octanol–water partition coefficient (Wildman–Crippen LogP) is -0.253. The maximum atomic E-state index is 4.29. The highest BCUT2D eigenvalue weighted by atomic mass is 15.3. The monoisotopic (exact) mass is 166 g/mol. The maximum absolute atomic E-state index is 4.29. The zero-order chi connectivity index (χ0) is 8.39. The maximum Gasteiger partial charge on any atom is 0.0767 e. The van der Waals surface area contributed by atoms with E-state index < -0.39 is 0 Å². The van der Waals surface area contributed by atoms with E-state index in [1.165, 1.54) is 5.56 Å². The summed E-state index contributed by atoms with van der Waals surface area (Å²) in [5.74, 6) is 0. The molecule has 1 aromatic heterocycles. The van der Waals surface area contributed by atoms with Crippen LogP contribution in [0.1, 0.15) is 11.6 Å². The van der Waals surface area contributed by atoms with Gasteiger partial charge in [0.1, 0.15) is 0 Å². The Morgan fingerprint density at radius 2 is 2.58 bits per heavy atom. The van der Waals surface area contributed by atoms with Crippen LogP contribution in [-0.4, -0.2) is 29.9 Å². The Kier molecular flexibility index (Phi) is 2.10. The van der Waals surface area contributed by atoms with E-state index in [1.54, 1.807) is 0 Å². The summed E-state index contributed by atoms with van der Waals surface area (Å²) in [5, 5.41) is 10.6. The Balaban J connectivity index is 2.02. The van der Waals surface area contributed by atoms with Crippen molar-refractivity contribution in [1.82, 2.24) is 20.4 Å². The molecule has 4 heteroatoms. The molecule has 1 aliphatic heterocycles. The van der Waals surface area contributed by atoms with Gasteiger partial charge in [0.05, 0.1) is 12.2 Å². The van der Waals surface area contributed by atoms with Crippen LogP contribution in [-0.2, 0) is 6.54 Å². The average molecular weight is 166 g/mol. The van der Waals surface area contributed by atoms with Crippen LogP contribution in [0.3, 0.4) is 0 Å². The molecule has 1 fully saturated rings. The minimum absolute atomic E-state index is 0.579. The van der Waals surface area contributed by atoms with E-state index in [2.05, 4.69) is 21.9 Å². The highest BCUT2D eigenvalue weighted by molar-refractivity contribution is 5.04. The van der Waals surface area contributed by atoms with Crippen LogP contribution < -0.4 is 10.6 Å². The second-order valence-electron chi connectivity index (χ2n) is 3.17. The Morgan fingerprint density at radius 1 is 1.75 bits per heavy atom. The van der Waals surface area contributed by atoms with Gasteiger partial charge in [-0.2, -0.15) is 5.10 Å². The van der Waals surface area contributed by atoms with Crippen LogP contribution in [0.15, 0.2) is 12.4 Å². The van der Waals surface area contributed by atoms with Gasteiger partial charge in [0.15, 0.2) is 0 Å². The van der Waals surface area contributed by atoms with Gasteiger partial charge in [-0.3, -0.25) is 4.68 Å². The van der Waals surface area contributed by atoms with Gasteiger partial charge < -0.3 is 10.6 Å². The molecular weight excluding hydrogens is 152 g/mol. The molecule has 0 atom stereocenters. The molecule has 2 rings (SSSR count). The number of hydrogen-bond donors (Lipinski definition) is 2. The summed E-state index contributed by atoms with van der Waals surface area (Å²) in [4.78, 5) is 0. The topological polar surface area (TPSA) is 41.9 Å². The lowest BCUT2D eigenvalue weighted by Crippen LogP contribution is -2.43. The van der Waals surface area contributed by atoms with Gasteiger partial charge in [0, 0.05) is 31.4 Å². The summed E-state index contributed by atoms with van der Waals surface area (Å²) in [6.45, 7) is 3.02. The summed E-state index contributed by atoms with van der Waals surface area (Å²) >= 11 is 0.